The van der Waals surface area contributed by atoms with E-state index in [-0.39, 0.29) is 6.61 Å². The maximum absolute atomic E-state index is 8.98. The fourth-order valence-corrected chi connectivity index (χ4v) is 2.02. The summed E-state index contributed by atoms with van der Waals surface area (Å²) in [4.78, 5) is 0. The maximum Gasteiger partial charge on any atom is 0.0682 e. The molecule has 0 amide bonds. The normalized spacial score (nSPS) is 25.6. The molecule has 2 heteroatoms. The van der Waals surface area contributed by atoms with E-state index in [1.807, 2.05) is 18.2 Å². The number of aliphatic hydroxyl groups is 1. The number of anilines is 1. The van der Waals surface area contributed by atoms with Crippen molar-refractivity contribution in [1.29, 1.82) is 0 Å². The van der Waals surface area contributed by atoms with Gasteiger partial charge in [0, 0.05) is 11.7 Å². The topological polar surface area (TPSA) is 32.3 Å². The van der Waals surface area contributed by atoms with Crippen molar-refractivity contribution < 1.29 is 5.11 Å². The molecule has 2 nitrogen and oxygen atoms in total. The summed E-state index contributed by atoms with van der Waals surface area (Å²) in [6.07, 6.45) is 2.53. The molecule has 2 N–H and O–H groups in total. The van der Waals surface area contributed by atoms with E-state index in [0.29, 0.717) is 6.04 Å². The molecule has 0 unspecified atom stereocenters. The zero-order chi connectivity index (χ0) is 9.97. The van der Waals surface area contributed by atoms with Crippen molar-refractivity contribution in [3.05, 3.63) is 29.8 Å². The first-order valence-electron chi connectivity index (χ1n) is 5.24. The van der Waals surface area contributed by atoms with Gasteiger partial charge in [-0.2, -0.15) is 0 Å². The Morgan fingerprint density at radius 3 is 2.86 bits per heavy atom. The summed E-state index contributed by atoms with van der Waals surface area (Å²) < 4.78 is 0. The second kappa shape index (κ2) is 4.01. The average Bonchev–Trinajstić information content (AvgIpc) is 2.16. The minimum absolute atomic E-state index is 0.122. The van der Waals surface area contributed by atoms with Crippen LogP contribution in [0.4, 0.5) is 5.69 Å². The van der Waals surface area contributed by atoms with Crippen LogP contribution in [-0.2, 0) is 6.61 Å². The average molecular weight is 191 g/mol. The highest BCUT2D eigenvalue weighted by molar-refractivity contribution is 5.46. The molecule has 2 rings (SSSR count). The molecule has 0 saturated heterocycles. The van der Waals surface area contributed by atoms with Gasteiger partial charge >= 0.3 is 0 Å². The van der Waals surface area contributed by atoms with E-state index >= 15 is 0 Å². The maximum atomic E-state index is 8.98. The molecule has 76 valence electrons. The van der Waals surface area contributed by atoms with Crippen molar-refractivity contribution >= 4 is 5.69 Å². The summed E-state index contributed by atoms with van der Waals surface area (Å²) in [5.41, 5.74) is 2.11. The quantitative estimate of drug-likeness (QED) is 0.769. The van der Waals surface area contributed by atoms with E-state index < -0.39 is 0 Å². The van der Waals surface area contributed by atoms with Crippen LogP contribution in [0, 0.1) is 5.92 Å². The summed E-state index contributed by atoms with van der Waals surface area (Å²) in [7, 11) is 0. The third-order valence-electron chi connectivity index (χ3n) is 2.85. The number of benzene rings is 1. The van der Waals surface area contributed by atoms with E-state index in [9.17, 15) is 0 Å². The van der Waals surface area contributed by atoms with E-state index in [4.69, 9.17) is 5.11 Å². The lowest BCUT2D eigenvalue weighted by atomic mass is 9.82. The molecule has 0 bridgehead atoms. The molecule has 0 heterocycles. The molecule has 0 atom stereocenters. The fourth-order valence-electron chi connectivity index (χ4n) is 2.02. The van der Waals surface area contributed by atoms with Crippen molar-refractivity contribution in [3.63, 3.8) is 0 Å². The van der Waals surface area contributed by atoms with Gasteiger partial charge in [0.2, 0.25) is 0 Å². The Morgan fingerprint density at radius 1 is 1.43 bits per heavy atom. The molecule has 1 saturated carbocycles. The zero-order valence-corrected chi connectivity index (χ0v) is 8.53. The highest BCUT2D eigenvalue weighted by Crippen LogP contribution is 2.29. The smallest absolute Gasteiger partial charge is 0.0682 e. The van der Waals surface area contributed by atoms with Crippen LogP contribution in [0.1, 0.15) is 25.3 Å². The molecule has 1 aromatic rings. The zero-order valence-electron chi connectivity index (χ0n) is 8.53. The highest BCUT2D eigenvalue weighted by Gasteiger charge is 2.24. The van der Waals surface area contributed by atoms with E-state index in [1.165, 1.54) is 12.8 Å². The molecule has 1 aliphatic rings. The lowest BCUT2D eigenvalue weighted by Crippen LogP contribution is -2.33. The Hall–Kier alpha value is -1.02. The van der Waals surface area contributed by atoms with Crippen molar-refractivity contribution in [2.24, 2.45) is 5.92 Å². The second-order valence-corrected chi connectivity index (χ2v) is 4.28. The van der Waals surface area contributed by atoms with Crippen LogP contribution in [0.15, 0.2) is 24.3 Å². The van der Waals surface area contributed by atoms with Gasteiger partial charge in [0.1, 0.15) is 0 Å². The number of rotatable bonds is 3. The first-order chi connectivity index (χ1) is 6.78. The summed E-state index contributed by atoms with van der Waals surface area (Å²) in [5, 5.41) is 12.5. The largest absolute Gasteiger partial charge is 0.392 e. The van der Waals surface area contributed by atoms with Crippen LogP contribution in [-0.4, -0.2) is 11.1 Å². The molecular weight excluding hydrogens is 174 g/mol. The van der Waals surface area contributed by atoms with Gasteiger partial charge in [0.15, 0.2) is 0 Å². The van der Waals surface area contributed by atoms with Crippen LogP contribution < -0.4 is 5.32 Å². The van der Waals surface area contributed by atoms with E-state index in [2.05, 4.69) is 18.3 Å². The van der Waals surface area contributed by atoms with Crippen LogP contribution in [0.2, 0.25) is 0 Å². The number of nitrogens with one attached hydrogen (secondary N) is 1. The Kier molecular flexibility index (Phi) is 2.73. The lowest BCUT2D eigenvalue weighted by Gasteiger charge is -2.34. The van der Waals surface area contributed by atoms with Gasteiger partial charge in [-0.05, 0) is 36.5 Å². The Balaban J connectivity index is 1.95. The monoisotopic (exact) mass is 191 g/mol. The summed E-state index contributed by atoms with van der Waals surface area (Å²) >= 11 is 0. The molecule has 0 spiro atoms. The molecule has 1 fully saturated rings. The number of hydrogen-bond donors (Lipinski definition) is 2. The van der Waals surface area contributed by atoms with Crippen molar-refractivity contribution in [3.8, 4) is 0 Å². The molecular formula is C12H17NO. The van der Waals surface area contributed by atoms with Crippen molar-refractivity contribution in [2.75, 3.05) is 5.32 Å². The summed E-state index contributed by atoms with van der Waals surface area (Å²) in [6, 6.07) is 8.63. The van der Waals surface area contributed by atoms with E-state index in [1.54, 1.807) is 0 Å². The van der Waals surface area contributed by atoms with Gasteiger partial charge in [0.05, 0.1) is 6.61 Å². The number of aliphatic hydroxyl groups excluding tert-OH is 1. The van der Waals surface area contributed by atoms with Gasteiger partial charge < -0.3 is 10.4 Å². The molecule has 0 radical (unpaired) electrons. The predicted molar refractivity (Wildman–Crippen MR) is 58.2 cm³/mol. The van der Waals surface area contributed by atoms with Crippen molar-refractivity contribution in [1.82, 2.24) is 0 Å². The number of hydrogen-bond acceptors (Lipinski definition) is 2. The molecule has 0 aromatic heterocycles. The van der Waals surface area contributed by atoms with Gasteiger partial charge in [-0.1, -0.05) is 19.1 Å². The summed E-state index contributed by atoms with van der Waals surface area (Å²) in [5.74, 6) is 0.869. The third-order valence-corrected chi connectivity index (χ3v) is 2.85. The van der Waals surface area contributed by atoms with Crippen molar-refractivity contribution in [2.45, 2.75) is 32.4 Å². The van der Waals surface area contributed by atoms with Crippen LogP contribution in [0.3, 0.4) is 0 Å². The second-order valence-electron chi connectivity index (χ2n) is 4.28. The van der Waals surface area contributed by atoms with Crippen LogP contribution in [0.25, 0.3) is 0 Å². The Bertz CT molecular complexity index is 305. The first-order valence-corrected chi connectivity index (χ1v) is 5.24. The highest BCUT2D eigenvalue weighted by atomic mass is 16.3. The van der Waals surface area contributed by atoms with Crippen LogP contribution >= 0.6 is 0 Å². The van der Waals surface area contributed by atoms with Gasteiger partial charge in [-0.3, -0.25) is 0 Å². The van der Waals surface area contributed by atoms with E-state index in [0.717, 1.165) is 17.2 Å². The van der Waals surface area contributed by atoms with Gasteiger partial charge in [-0.25, -0.2) is 0 Å². The molecule has 1 aromatic carbocycles. The SMILES string of the molecule is CC1CC(Nc2cccc(CO)c2)C1. The first kappa shape index (κ1) is 9.53. The summed E-state index contributed by atoms with van der Waals surface area (Å²) in [6.45, 7) is 2.40. The molecule has 1 aliphatic carbocycles. The Morgan fingerprint density at radius 2 is 2.21 bits per heavy atom. The Labute approximate surface area is 85.0 Å². The standard InChI is InChI=1S/C12H17NO/c1-9-5-12(6-9)13-11-4-2-3-10(7-11)8-14/h2-4,7,9,12-14H,5-6,8H2,1H3. The minimum atomic E-state index is 0.122. The third kappa shape index (κ3) is 2.07. The molecule has 0 aliphatic heterocycles. The fraction of sp³-hybridized carbons (Fsp3) is 0.500. The van der Waals surface area contributed by atoms with Gasteiger partial charge in [0.25, 0.3) is 0 Å². The predicted octanol–water partition coefficient (Wildman–Crippen LogP) is 2.39. The lowest BCUT2D eigenvalue weighted by molar-refractivity contribution is 0.281. The minimum Gasteiger partial charge on any atom is -0.392 e. The molecule has 14 heavy (non-hydrogen) atoms. The van der Waals surface area contributed by atoms with Crippen LogP contribution in [0.5, 0.6) is 0 Å². The van der Waals surface area contributed by atoms with Gasteiger partial charge in [-0.15, -0.1) is 0 Å².